The van der Waals surface area contributed by atoms with E-state index in [4.69, 9.17) is 9.84 Å². The van der Waals surface area contributed by atoms with Gasteiger partial charge in [-0.2, -0.15) is 0 Å². The summed E-state index contributed by atoms with van der Waals surface area (Å²) in [5.41, 5.74) is 2.33. The van der Waals surface area contributed by atoms with Gasteiger partial charge in [-0.05, 0) is 72.6 Å². The Morgan fingerprint density at radius 2 is 1.88 bits per heavy atom. The van der Waals surface area contributed by atoms with Crippen molar-refractivity contribution >= 4 is 28.7 Å². The van der Waals surface area contributed by atoms with Crippen LogP contribution >= 0.6 is 11.9 Å². The molecule has 0 heterocycles. The quantitative estimate of drug-likeness (QED) is 0.385. The van der Waals surface area contributed by atoms with E-state index in [0.717, 1.165) is 23.3 Å². The summed E-state index contributed by atoms with van der Waals surface area (Å²) in [6.07, 6.45) is 0. The highest BCUT2D eigenvalue weighted by Gasteiger charge is 2.13. The molecule has 0 aliphatic rings. The molecule has 0 aromatic heterocycles. The Bertz CT molecular complexity index is 1170. The Hall–Kier alpha value is -2.75. The van der Waals surface area contributed by atoms with E-state index in [1.807, 2.05) is 42.5 Å². The Morgan fingerprint density at radius 1 is 1.09 bits per heavy atom. The number of carboxylic acid groups (broad SMARTS) is 1. The first-order valence-corrected chi connectivity index (χ1v) is 12.2. The molecule has 5 nitrogen and oxygen atoms in total. The van der Waals surface area contributed by atoms with Crippen LogP contribution in [0.15, 0.2) is 70.5 Å². The van der Waals surface area contributed by atoms with E-state index in [1.165, 1.54) is 18.0 Å². The molecule has 0 radical (unpaired) electrons. The number of hydrogen-bond acceptors (Lipinski definition) is 5. The number of hydrogen-bond donors (Lipinski definition) is 1. The van der Waals surface area contributed by atoms with Crippen LogP contribution in [-0.4, -0.2) is 39.0 Å². The molecule has 0 spiro atoms. The Morgan fingerprint density at radius 3 is 2.58 bits per heavy atom. The summed E-state index contributed by atoms with van der Waals surface area (Å²) in [7, 11) is 0.688. The van der Waals surface area contributed by atoms with Crippen molar-refractivity contribution in [2.45, 2.75) is 23.3 Å². The minimum Gasteiger partial charge on any atom is -0.481 e. The lowest BCUT2D eigenvalue weighted by molar-refractivity contribution is -0.139. The average molecular weight is 492 g/mol. The predicted octanol–water partition coefficient (Wildman–Crippen LogP) is 5.36. The molecular weight excluding hydrogens is 468 g/mol. The van der Waals surface area contributed by atoms with E-state index < -0.39 is 35.0 Å². The third-order valence-corrected chi connectivity index (χ3v) is 6.83. The number of carboxylic acids is 1. The number of benzene rings is 3. The van der Waals surface area contributed by atoms with Gasteiger partial charge < -0.3 is 9.84 Å². The monoisotopic (exact) mass is 491 g/mol. The van der Waals surface area contributed by atoms with Crippen LogP contribution in [0.5, 0.6) is 5.75 Å². The maximum Gasteiger partial charge on any atom is 0.341 e. The molecule has 1 unspecified atom stereocenters. The highest BCUT2D eigenvalue weighted by Crippen LogP contribution is 2.33. The summed E-state index contributed by atoms with van der Waals surface area (Å²) in [4.78, 5) is 12.2. The Kier molecular flexibility index (Phi) is 8.60. The molecule has 3 rings (SSSR count). The Labute approximate surface area is 198 Å². The van der Waals surface area contributed by atoms with Crippen LogP contribution in [0.3, 0.4) is 0 Å². The first-order valence-electron chi connectivity index (χ1n) is 10.1. The van der Waals surface area contributed by atoms with Crippen LogP contribution in [0.1, 0.15) is 12.5 Å². The third kappa shape index (κ3) is 6.86. The number of ether oxygens (including phenoxy) is 1. The summed E-state index contributed by atoms with van der Waals surface area (Å²) in [5, 5.41) is 9.01. The zero-order valence-electron chi connectivity index (χ0n) is 18.1. The molecule has 0 aliphatic heterocycles. The fraction of sp³-hybridized carbons (Fsp3) is 0.208. The van der Waals surface area contributed by atoms with Gasteiger partial charge in [0.15, 0.2) is 18.2 Å². The molecule has 33 heavy (non-hydrogen) atoms. The highest BCUT2D eigenvalue weighted by atomic mass is 32.2. The van der Waals surface area contributed by atoms with Crippen molar-refractivity contribution in [3.63, 3.8) is 0 Å². The SMILES string of the molecule is CCS(=O)c1cccc(-c2cc(CN(C)Sc3ccc(F)c(F)c3)ccc2OCC(=O)O)c1. The van der Waals surface area contributed by atoms with Crippen molar-refractivity contribution in [2.75, 3.05) is 19.4 Å². The van der Waals surface area contributed by atoms with Gasteiger partial charge in [-0.25, -0.2) is 17.9 Å². The van der Waals surface area contributed by atoms with Crippen molar-refractivity contribution in [3.05, 3.63) is 77.9 Å². The average Bonchev–Trinajstić information content (AvgIpc) is 2.80. The van der Waals surface area contributed by atoms with Crippen LogP contribution < -0.4 is 4.74 Å². The maximum atomic E-state index is 13.5. The van der Waals surface area contributed by atoms with Gasteiger partial charge in [0.05, 0.1) is 10.8 Å². The topological polar surface area (TPSA) is 66.8 Å². The largest absolute Gasteiger partial charge is 0.481 e. The van der Waals surface area contributed by atoms with Gasteiger partial charge in [-0.3, -0.25) is 4.21 Å². The molecule has 0 saturated carbocycles. The summed E-state index contributed by atoms with van der Waals surface area (Å²) >= 11 is 1.27. The van der Waals surface area contributed by atoms with Gasteiger partial charge in [0.25, 0.3) is 0 Å². The smallest absolute Gasteiger partial charge is 0.341 e. The van der Waals surface area contributed by atoms with Gasteiger partial charge in [-0.15, -0.1) is 0 Å². The zero-order chi connectivity index (χ0) is 24.0. The minimum absolute atomic E-state index is 0.400. The predicted molar refractivity (Wildman–Crippen MR) is 126 cm³/mol. The lowest BCUT2D eigenvalue weighted by atomic mass is 10.0. The third-order valence-electron chi connectivity index (χ3n) is 4.62. The minimum atomic E-state index is -1.14. The van der Waals surface area contributed by atoms with Gasteiger partial charge in [0, 0.05) is 27.7 Å². The van der Waals surface area contributed by atoms with E-state index in [9.17, 15) is 17.8 Å². The van der Waals surface area contributed by atoms with Crippen LogP contribution in [0.4, 0.5) is 8.78 Å². The summed E-state index contributed by atoms with van der Waals surface area (Å²) in [6.45, 7) is 1.82. The van der Waals surface area contributed by atoms with Crippen molar-refractivity contribution in [1.29, 1.82) is 0 Å². The van der Waals surface area contributed by atoms with Crippen molar-refractivity contribution in [2.24, 2.45) is 0 Å². The standard InChI is InChI=1S/C24H23F2NO4S2/c1-3-33(30)19-6-4-5-17(12-19)20-11-16(7-10-23(20)31-15-24(28)29)14-27(2)32-18-8-9-21(25)22(26)13-18/h4-13H,3,14-15H2,1-2H3,(H,28,29). The molecule has 0 bridgehead atoms. The molecule has 0 amide bonds. The van der Waals surface area contributed by atoms with E-state index in [1.54, 1.807) is 18.2 Å². The molecule has 0 aliphatic carbocycles. The molecular formula is C24H23F2NO4S2. The summed E-state index contributed by atoms with van der Waals surface area (Å²) in [6, 6.07) is 16.4. The lowest BCUT2D eigenvalue weighted by Gasteiger charge is -2.18. The second-order valence-electron chi connectivity index (χ2n) is 7.13. The van der Waals surface area contributed by atoms with E-state index in [0.29, 0.717) is 33.4 Å². The van der Waals surface area contributed by atoms with Crippen LogP contribution in [0.2, 0.25) is 0 Å². The van der Waals surface area contributed by atoms with Crippen LogP contribution in [0, 0.1) is 11.6 Å². The first kappa shape index (κ1) is 24.9. The zero-order valence-corrected chi connectivity index (χ0v) is 19.7. The number of nitrogens with zero attached hydrogens (tertiary/aromatic N) is 1. The van der Waals surface area contributed by atoms with Gasteiger partial charge in [0.2, 0.25) is 0 Å². The van der Waals surface area contributed by atoms with Crippen molar-refractivity contribution in [1.82, 2.24) is 4.31 Å². The van der Waals surface area contributed by atoms with Crippen LogP contribution in [-0.2, 0) is 22.1 Å². The molecule has 3 aromatic rings. The van der Waals surface area contributed by atoms with Gasteiger partial charge >= 0.3 is 5.97 Å². The molecule has 1 N–H and O–H groups in total. The summed E-state index contributed by atoms with van der Waals surface area (Å²) < 4.78 is 46.3. The van der Waals surface area contributed by atoms with Gasteiger partial charge in [-0.1, -0.05) is 25.1 Å². The van der Waals surface area contributed by atoms with E-state index in [-0.39, 0.29) is 0 Å². The van der Waals surface area contributed by atoms with Crippen LogP contribution in [0.25, 0.3) is 11.1 Å². The fourth-order valence-electron chi connectivity index (χ4n) is 3.14. The second kappa shape index (κ2) is 11.4. The molecule has 174 valence electrons. The molecule has 0 saturated heterocycles. The van der Waals surface area contributed by atoms with Gasteiger partial charge in [0.1, 0.15) is 5.75 Å². The van der Waals surface area contributed by atoms with Crippen molar-refractivity contribution < 1.29 is 27.6 Å². The number of halogens is 2. The number of carbonyl (C=O) groups is 1. The highest BCUT2D eigenvalue weighted by molar-refractivity contribution is 7.97. The fourth-order valence-corrected chi connectivity index (χ4v) is 4.82. The van der Waals surface area contributed by atoms with E-state index >= 15 is 0 Å². The second-order valence-corrected chi connectivity index (χ2v) is 10.1. The molecule has 3 aromatic carbocycles. The van der Waals surface area contributed by atoms with E-state index in [2.05, 4.69) is 0 Å². The normalized spacial score (nSPS) is 12.0. The molecule has 0 fully saturated rings. The molecule has 9 heteroatoms. The summed E-state index contributed by atoms with van der Waals surface area (Å²) in [5.74, 6) is -2.00. The number of rotatable bonds is 10. The maximum absolute atomic E-state index is 13.5. The number of aliphatic carboxylic acids is 1. The Balaban J connectivity index is 1.88. The molecule has 1 atom stereocenters. The van der Waals surface area contributed by atoms with Crippen molar-refractivity contribution in [3.8, 4) is 16.9 Å². The lowest BCUT2D eigenvalue weighted by Crippen LogP contribution is -2.11. The first-order chi connectivity index (χ1) is 15.8.